The zero-order chi connectivity index (χ0) is 30.9. The second-order valence-corrected chi connectivity index (χ2v) is 13.1. The minimum atomic E-state index is -0.684. The van der Waals surface area contributed by atoms with Crippen molar-refractivity contribution < 1.29 is 18.7 Å². The zero-order valence-electron chi connectivity index (χ0n) is 24.7. The fourth-order valence-corrected chi connectivity index (χ4v) is 6.92. The Hall–Kier alpha value is -4.03. The Bertz CT molecular complexity index is 1580. The summed E-state index contributed by atoms with van der Waals surface area (Å²) in [6.45, 7) is 5.72. The molecule has 12 heteroatoms. The number of benzene rings is 1. The van der Waals surface area contributed by atoms with Crippen LogP contribution in [0, 0.1) is 12.7 Å². The normalized spacial score (nSPS) is 14.2. The first kappa shape index (κ1) is 31.4. The number of nitrogens with zero attached hydrogens (tertiary/aromatic N) is 4. The number of amides is 2. The van der Waals surface area contributed by atoms with E-state index in [4.69, 9.17) is 4.74 Å². The van der Waals surface area contributed by atoms with Crippen LogP contribution in [0.2, 0.25) is 0 Å². The molecule has 1 fully saturated rings. The van der Waals surface area contributed by atoms with Crippen LogP contribution >= 0.6 is 23.1 Å². The third-order valence-electron chi connectivity index (χ3n) is 7.59. The number of rotatable bonds is 11. The van der Waals surface area contributed by atoms with Gasteiger partial charge in [0.2, 0.25) is 0 Å². The highest BCUT2D eigenvalue weighted by Gasteiger charge is 2.38. The SMILES string of the molecule is CCCCOC(=O)N1CCC(CNC(=O)c2nccc(Sc3cnc(Nc4cc(C)ccn4)s3)c2F)(c2ccccc2)CC1. The third kappa shape index (κ3) is 7.72. The molecule has 3 aromatic heterocycles. The van der Waals surface area contributed by atoms with E-state index in [1.165, 1.54) is 29.3 Å². The summed E-state index contributed by atoms with van der Waals surface area (Å²) in [6.07, 6.45) is 7.55. The number of aromatic nitrogens is 3. The van der Waals surface area contributed by atoms with Gasteiger partial charge in [-0.05, 0) is 55.5 Å². The predicted molar refractivity (Wildman–Crippen MR) is 170 cm³/mol. The average molecular weight is 635 g/mol. The number of thiazole rings is 1. The van der Waals surface area contributed by atoms with Gasteiger partial charge in [0, 0.05) is 37.4 Å². The summed E-state index contributed by atoms with van der Waals surface area (Å²) < 4.78 is 21.8. The standard InChI is InChI=1S/C32H35FN6O3S2/c1-3-4-18-42-31(41)39-16-12-32(13-17-39,23-8-6-5-7-9-23)21-37-29(40)28-27(33)24(11-15-35-28)43-26-20-36-30(44-26)38-25-19-22(2)10-14-34-25/h5-11,14-15,19-20H,3-4,12-13,16-18,21H2,1-2H3,(H,37,40)(H,34,36,38). The number of pyridine rings is 2. The van der Waals surface area contributed by atoms with E-state index in [9.17, 15) is 9.59 Å². The number of hydrogen-bond acceptors (Lipinski definition) is 9. The van der Waals surface area contributed by atoms with Gasteiger partial charge in [-0.3, -0.25) is 4.79 Å². The van der Waals surface area contributed by atoms with Crippen molar-refractivity contribution in [2.45, 2.75) is 54.1 Å². The van der Waals surface area contributed by atoms with Crippen LogP contribution in [0.15, 0.2) is 76.2 Å². The number of hydrogen-bond donors (Lipinski definition) is 2. The topological polar surface area (TPSA) is 109 Å². The summed E-state index contributed by atoms with van der Waals surface area (Å²) in [6, 6.07) is 15.3. The van der Waals surface area contributed by atoms with Crippen LogP contribution in [0.4, 0.5) is 20.1 Å². The highest BCUT2D eigenvalue weighted by atomic mass is 32.2. The van der Waals surface area contributed by atoms with Crippen LogP contribution in [-0.4, -0.2) is 58.1 Å². The van der Waals surface area contributed by atoms with Crippen molar-refractivity contribution in [3.63, 3.8) is 0 Å². The second kappa shape index (κ2) is 14.6. The van der Waals surface area contributed by atoms with Gasteiger partial charge in [-0.15, -0.1) is 0 Å². The summed E-state index contributed by atoms with van der Waals surface area (Å²) in [5.74, 6) is -0.591. The monoisotopic (exact) mass is 634 g/mol. The molecule has 0 atom stereocenters. The van der Waals surface area contributed by atoms with Gasteiger partial charge < -0.3 is 20.3 Å². The molecule has 230 valence electrons. The van der Waals surface area contributed by atoms with E-state index in [0.717, 1.165) is 28.2 Å². The molecular formula is C32H35FN6O3S2. The van der Waals surface area contributed by atoms with Crippen molar-refractivity contribution in [3.8, 4) is 0 Å². The van der Waals surface area contributed by atoms with E-state index in [0.29, 0.717) is 43.5 Å². The first-order valence-electron chi connectivity index (χ1n) is 14.6. The molecule has 0 bridgehead atoms. The summed E-state index contributed by atoms with van der Waals surface area (Å²) in [5.41, 5.74) is 1.45. The largest absolute Gasteiger partial charge is 0.449 e. The number of carbonyl (C=O) groups is 2. The highest BCUT2D eigenvalue weighted by molar-refractivity contribution is 8.01. The predicted octanol–water partition coefficient (Wildman–Crippen LogP) is 6.98. The lowest BCUT2D eigenvalue weighted by molar-refractivity contribution is 0.0778. The first-order chi connectivity index (χ1) is 21.4. The van der Waals surface area contributed by atoms with Gasteiger partial charge in [0.15, 0.2) is 16.6 Å². The summed E-state index contributed by atoms with van der Waals surface area (Å²) in [5, 5.41) is 6.74. The van der Waals surface area contributed by atoms with Crippen molar-refractivity contribution in [1.82, 2.24) is 25.2 Å². The quantitative estimate of drug-likeness (QED) is 0.170. The van der Waals surface area contributed by atoms with Crippen molar-refractivity contribution >= 4 is 46.0 Å². The summed E-state index contributed by atoms with van der Waals surface area (Å²) in [4.78, 5) is 40.6. The average Bonchev–Trinajstić information content (AvgIpc) is 3.48. The number of halogens is 1. The van der Waals surface area contributed by atoms with E-state index in [-0.39, 0.29) is 23.2 Å². The molecule has 0 aliphatic carbocycles. The molecule has 0 unspecified atom stereocenters. The van der Waals surface area contributed by atoms with Crippen molar-refractivity contribution in [1.29, 1.82) is 0 Å². The number of anilines is 2. The smallest absolute Gasteiger partial charge is 0.409 e. The number of ether oxygens (including phenoxy) is 1. The number of aryl methyl sites for hydroxylation is 1. The second-order valence-electron chi connectivity index (χ2n) is 10.7. The van der Waals surface area contributed by atoms with Crippen LogP contribution < -0.4 is 10.6 Å². The van der Waals surface area contributed by atoms with Crippen LogP contribution in [0.25, 0.3) is 0 Å². The van der Waals surface area contributed by atoms with Gasteiger partial charge in [0.05, 0.1) is 21.9 Å². The molecule has 0 saturated carbocycles. The molecule has 1 aromatic carbocycles. The maximum atomic E-state index is 15.6. The number of carbonyl (C=O) groups excluding carboxylic acids is 2. The van der Waals surface area contributed by atoms with E-state index in [2.05, 4.69) is 25.6 Å². The Morgan fingerprint density at radius 1 is 1.09 bits per heavy atom. The number of unbranched alkanes of at least 4 members (excludes halogenated alkanes) is 1. The van der Waals surface area contributed by atoms with Gasteiger partial charge in [-0.2, -0.15) is 0 Å². The molecule has 1 aliphatic rings. The lowest BCUT2D eigenvalue weighted by Gasteiger charge is -2.42. The molecule has 4 aromatic rings. The Morgan fingerprint density at radius 2 is 1.86 bits per heavy atom. The van der Waals surface area contributed by atoms with Crippen molar-refractivity contribution in [3.05, 3.63) is 89.8 Å². The Labute approximate surface area is 264 Å². The van der Waals surface area contributed by atoms with Crippen molar-refractivity contribution in [2.24, 2.45) is 0 Å². The van der Waals surface area contributed by atoms with Gasteiger partial charge in [-0.25, -0.2) is 24.1 Å². The van der Waals surface area contributed by atoms with Gasteiger partial charge in [0.1, 0.15) is 5.82 Å². The molecule has 1 saturated heterocycles. The minimum absolute atomic E-state index is 0.262. The van der Waals surface area contributed by atoms with Gasteiger partial charge in [0.25, 0.3) is 5.91 Å². The van der Waals surface area contributed by atoms with Gasteiger partial charge >= 0.3 is 6.09 Å². The van der Waals surface area contributed by atoms with Crippen molar-refractivity contribution in [2.75, 3.05) is 31.6 Å². The molecular weight excluding hydrogens is 600 g/mol. The number of piperidine rings is 1. The summed E-state index contributed by atoms with van der Waals surface area (Å²) >= 11 is 2.54. The fraction of sp³-hybridized carbons (Fsp3) is 0.344. The molecule has 9 nitrogen and oxygen atoms in total. The molecule has 1 aliphatic heterocycles. The molecule has 4 heterocycles. The summed E-state index contributed by atoms with van der Waals surface area (Å²) in [7, 11) is 0. The number of nitrogens with one attached hydrogen (secondary N) is 2. The van der Waals surface area contributed by atoms with Crippen LogP contribution in [0.3, 0.4) is 0 Å². The minimum Gasteiger partial charge on any atom is -0.449 e. The van der Waals surface area contributed by atoms with E-state index < -0.39 is 17.1 Å². The lowest BCUT2D eigenvalue weighted by Crippen LogP contribution is -2.50. The maximum Gasteiger partial charge on any atom is 0.409 e. The Morgan fingerprint density at radius 3 is 2.61 bits per heavy atom. The fourth-order valence-electron chi connectivity index (χ4n) is 5.05. The zero-order valence-corrected chi connectivity index (χ0v) is 26.3. The van der Waals surface area contributed by atoms with Crippen LogP contribution in [0.1, 0.15) is 54.2 Å². The molecule has 44 heavy (non-hydrogen) atoms. The first-order valence-corrected chi connectivity index (χ1v) is 16.2. The third-order valence-corrected chi connectivity index (χ3v) is 9.64. The van der Waals surface area contributed by atoms with E-state index in [1.54, 1.807) is 23.4 Å². The number of likely N-dealkylation sites (tertiary alicyclic amines) is 1. The van der Waals surface area contributed by atoms with Crippen LogP contribution in [-0.2, 0) is 10.2 Å². The molecule has 2 amide bonds. The maximum absolute atomic E-state index is 15.6. The van der Waals surface area contributed by atoms with Crippen LogP contribution in [0.5, 0.6) is 0 Å². The molecule has 5 rings (SSSR count). The van der Waals surface area contributed by atoms with E-state index >= 15 is 4.39 Å². The molecule has 0 radical (unpaired) electrons. The Balaban J connectivity index is 1.24. The molecule has 0 spiro atoms. The van der Waals surface area contributed by atoms with E-state index in [1.807, 2.05) is 56.3 Å². The molecule has 2 N–H and O–H groups in total. The highest BCUT2D eigenvalue weighted by Crippen LogP contribution is 2.37. The Kier molecular flexibility index (Phi) is 10.4. The lowest BCUT2D eigenvalue weighted by atomic mass is 9.72. The van der Waals surface area contributed by atoms with Gasteiger partial charge in [-0.1, -0.05) is 66.8 Å².